The molecule has 0 spiro atoms. The first-order valence-corrected chi connectivity index (χ1v) is 8.33. The largest absolute Gasteiger partial charge is 0.359 e. The van der Waals surface area contributed by atoms with E-state index in [-0.39, 0.29) is 0 Å². The molecule has 0 radical (unpaired) electrons. The second-order valence-corrected chi connectivity index (χ2v) is 6.69. The van der Waals surface area contributed by atoms with Gasteiger partial charge in [0.05, 0.1) is 0 Å². The summed E-state index contributed by atoms with van der Waals surface area (Å²) in [5, 5.41) is 8.53. The molecule has 3 rings (SSSR count). The zero-order valence-electron chi connectivity index (χ0n) is 11.9. The molecule has 1 aliphatic carbocycles. The van der Waals surface area contributed by atoms with Gasteiger partial charge >= 0.3 is 0 Å². The fourth-order valence-corrected chi connectivity index (χ4v) is 3.45. The first kappa shape index (κ1) is 15.6. The minimum atomic E-state index is 0.359. The molecule has 0 heterocycles. The van der Waals surface area contributed by atoms with Crippen molar-refractivity contribution in [2.24, 2.45) is 0 Å². The van der Waals surface area contributed by atoms with Crippen molar-refractivity contribution in [3.63, 3.8) is 0 Å². The molecule has 0 saturated carbocycles. The monoisotopic (exact) mass is 350 g/mol. The third-order valence-electron chi connectivity index (χ3n) is 3.84. The quantitative estimate of drug-likeness (QED) is 0.814. The highest BCUT2D eigenvalue weighted by Gasteiger charge is 2.21. The summed E-state index contributed by atoms with van der Waals surface area (Å²) < 4.78 is 0. The lowest BCUT2D eigenvalue weighted by molar-refractivity contribution is 0.633. The lowest BCUT2D eigenvalue weighted by Gasteiger charge is -2.16. The fourth-order valence-electron chi connectivity index (χ4n) is 2.74. The van der Waals surface area contributed by atoms with E-state index in [1.165, 1.54) is 11.1 Å². The SMILES string of the molecule is S=C(NCc1ccc(Cl)cc1Cl)NC1Cc2ccccc2C1. The third kappa shape index (κ3) is 3.72. The van der Waals surface area contributed by atoms with Crippen molar-refractivity contribution in [2.45, 2.75) is 25.4 Å². The van der Waals surface area contributed by atoms with E-state index in [0.29, 0.717) is 27.7 Å². The number of fused-ring (bicyclic) bond motifs is 1. The third-order valence-corrected chi connectivity index (χ3v) is 4.69. The molecule has 114 valence electrons. The summed E-state index contributed by atoms with van der Waals surface area (Å²) in [5.41, 5.74) is 3.79. The summed E-state index contributed by atoms with van der Waals surface area (Å²) in [4.78, 5) is 0. The van der Waals surface area contributed by atoms with Crippen LogP contribution in [0.2, 0.25) is 10.0 Å². The molecule has 1 aliphatic rings. The van der Waals surface area contributed by atoms with Crippen molar-refractivity contribution >= 4 is 40.5 Å². The van der Waals surface area contributed by atoms with Crippen LogP contribution in [0, 0.1) is 0 Å². The van der Waals surface area contributed by atoms with Gasteiger partial charge in [-0.2, -0.15) is 0 Å². The summed E-state index contributed by atoms with van der Waals surface area (Å²) >= 11 is 17.4. The van der Waals surface area contributed by atoms with Crippen LogP contribution in [-0.4, -0.2) is 11.2 Å². The summed E-state index contributed by atoms with van der Waals surface area (Å²) in [6.45, 7) is 0.585. The highest BCUT2D eigenvalue weighted by molar-refractivity contribution is 7.80. The summed E-state index contributed by atoms with van der Waals surface area (Å²) in [5.74, 6) is 0. The van der Waals surface area contributed by atoms with Gasteiger partial charge in [-0.25, -0.2) is 0 Å². The second-order valence-electron chi connectivity index (χ2n) is 5.44. The van der Waals surface area contributed by atoms with E-state index in [4.69, 9.17) is 35.4 Å². The molecular weight excluding hydrogens is 335 g/mol. The first-order chi connectivity index (χ1) is 10.6. The van der Waals surface area contributed by atoms with E-state index in [0.717, 1.165) is 18.4 Å². The normalized spacial score (nSPS) is 13.7. The summed E-state index contributed by atoms with van der Waals surface area (Å²) in [7, 11) is 0. The fraction of sp³-hybridized carbons (Fsp3) is 0.235. The van der Waals surface area contributed by atoms with Gasteiger partial charge in [0, 0.05) is 22.6 Å². The molecule has 0 atom stereocenters. The van der Waals surface area contributed by atoms with Gasteiger partial charge < -0.3 is 10.6 Å². The topological polar surface area (TPSA) is 24.1 Å². The van der Waals surface area contributed by atoms with Crippen LogP contribution in [0.4, 0.5) is 0 Å². The highest BCUT2D eigenvalue weighted by atomic mass is 35.5. The van der Waals surface area contributed by atoms with Gasteiger partial charge in [0.15, 0.2) is 5.11 Å². The Balaban J connectivity index is 1.51. The van der Waals surface area contributed by atoms with E-state index in [1.54, 1.807) is 6.07 Å². The van der Waals surface area contributed by atoms with Crippen molar-refractivity contribution in [3.8, 4) is 0 Å². The van der Waals surface area contributed by atoms with Crippen molar-refractivity contribution < 1.29 is 0 Å². The van der Waals surface area contributed by atoms with Crippen LogP contribution in [-0.2, 0) is 19.4 Å². The maximum atomic E-state index is 6.16. The molecule has 2 aromatic rings. The van der Waals surface area contributed by atoms with Crippen LogP contribution in [0.3, 0.4) is 0 Å². The lowest BCUT2D eigenvalue weighted by atomic mass is 10.1. The Labute approximate surface area is 145 Å². The Kier molecular flexibility index (Phi) is 4.87. The van der Waals surface area contributed by atoms with E-state index < -0.39 is 0 Å². The molecule has 2 aromatic carbocycles. The number of hydrogen-bond acceptors (Lipinski definition) is 1. The number of rotatable bonds is 3. The summed E-state index contributed by atoms with van der Waals surface area (Å²) in [6.07, 6.45) is 2.03. The molecular formula is C17H16Cl2N2S. The Morgan fingerprint density at radius 2 is 1.77 bits per heavy atom. The molecule has 0 fully saturated rings. The number of nitrogens with one attached hydrogen (secondary N) is 2. The maximum absolute atomic E-state index is 6.16. The molecule has 2 N–H and O–H groups in total. The smallest absolute Gasteiger partial charge is 0.166 e. The van der Waals surface area contributed by atoms with Gasteiger partial charge in [-0.3, -0.25) is 0 Å². The summed E-state index contributed by atoms with van der Waals surface area (Å²) in [6, 6.07) is 14.4. The number of thiocarbonyl (C=S) groups is 1. The van der Waals surface area contributed by atoms with E-state index in [2.05, 4.69) is 34.9 Å². The predicted molar refractivity (Wildman–Crippen MR) is 96.7 cm³/mol. The molecule has 0 aliphatic heterocycles. The van der Waals surface area contributed by atoms with Crippen LogP contribution < -0.4 is 10.6 Å². The van der Waals surface area contributed by atoms with Crippen molar-refractivity contribution in [3.05, 3.63) is 69.2 Å². The van der Waals surface area contributed by atoms with E-state index in [1.807, 2.05) is 12.1 Å². The minimum Gasteiger partial charge on any atom is -0.359 e. The zero-order valence-corrected chi connectivity index (χ0v) is 14.2. The molecule has 0 bridgehead atoms. The maximum Gasteiger partial charge on any atom is 0.166 e. The van der Waals surface area contributed by atoms with Gasteiger partial charge in [0.2, 0.25) is 0 Å². The van der Waals surface area contributed by atoms with Crippen molar-refractivity contribution in [1.82, 2.24) is 10.6 Å². The van der Waals surface area contributed by atoms with Crippen LogP contribution in [0.25, 0.3) is 0 Å². The van der Waals surface area contributed by atoms with Crippen LogP contribution in [0.15, 0.2) is 42.5 Å². The average molecular weight is 351 g/mol. The molecule has 22 heavy (non-hydrogen) atoms. The predicted octanol–water partition coefficient (Wildman–Crippen LogP) is 4.12. The molecule has 2 nitrogen and oxygen atoms in total. The van der Waals surface area contributed by atoms with Crippen LogP contribution in [0.5, 0.6) is 0 Å². The second kappa shape index (κ2) is 6.86. The molecule has 5 heteroatoms. The standard InChI is InChI=1S/C17H16Cl2N2S/c18-14-6-5-13(16(19)9-14)10-20-17(22)21-15-7-11-3-1-2-4-12(11)8-15/h1-6,9,15H,7-8,10H2,(H2,20,21,22). The Morgan fingerprint density at radius 1 is 1.09 bits per heavy atom. The minimum absolute atomic E-state index is 0.359. The molecule has 0 unspecified atom stereocenters. The van der Waals surface area contributed by atoms with Crippen molar-refractivity contribution in [2.75, 3.05) is 0 Å². The number of halogens is 2. The van der Waals surface area contributed by atoms with Crippen molar-refractivity contribution in [1.29, 1.82) is 0 Å². The number of benzene rings is 2. The Hall–Kier alpha value is -1.29. The average Bonchev–Trinajstić information content (AvgIpc) is 2.88. The zero-order chi connectivity index (χ0) is 15.5. The van der Waals surface area contributed by atoms with E-state index >= 15 is 0 Å². The molecule has 0 aromatic heterocycles. The van der Waals surface area contributed by atoms with Gasteiger partial charge in [0.25, 0.3) is 0 Å². The Bertz CT molecular complexity index is 678. The molecule has 0 amide bonds. The number of hydrogen-bond donors (Lipinski definition) is 2. The van der Waals surface area contributed by atoms with Gasteiger partial charge in [0.1, 0.15) is 0 Å². The van der Waals surface area contributed by atoms with Gasteiger partial charge in [-0.15, -0.1) is 0 Å². The first-order valence-electron chi connectivity index (χ1n) is 7.17. The van der Waals surface area contributed by atoms with Crippen LogP contribution in [0.1, 0.15) is 16.7 Å². The van der Waals surface area contributed by atoms with Gasteiger partial charge in [-0.05, 0) is 53.9 Å². The van der Waals surface area contributed by atoms with Gasteiger partial charge in [-0.1, -0.05) is 53.5 Å². The van der Waals surface area contributed by atoms with E-state index in [9.17, 15) is 0 Å². The van der Waals surface area contributed by atoms with Crippen LogP contribution >= 0.6 is 35.4 Å². The molecule has 0 saturated heterocycles. The lowest BCUT2D eigenvalue weighted by Crippen LogP contribution is -2.42. The highest BCUT2D eigenvalue weighted by Crippen LogP contribution is 2.22. The Morgan fingerprint density at radius 3 is 2.41 bits per heavy atom.